The van der Waals surface area contributed by atoms with Gasteiger partial charge in [0.15, 0.2) is 24.7 Å². The Morgan fingerprint density at radius 3 is 2.48 bits per heavy atom. The Morgan fingerprint density at radius 2 is 1.83 bits per heavy atom. The molecule has 29 heavy (non-hydrogen) atoms. The maximum absolute atomic E-state index is 12.4. The number of hydrogen-bond donors (Lipinski definition) is 1. The minimum Gasteiger partial charge on any atom is -0.493 e. The number of carbonyl (C=O) groups excluding carboxylic acids is 1. The quantitative estimate of drug-likeness (QED) is 0.615. The van der Waals surface area contributed by atoms with Crippen molar-refractivity contribution in [1.29, 1.82) is 0 Å². The van der Waals surface area contributed by atoms with Gasteiger partial charge in [0.25, 0.3) is 5.91 Å². The SMILES string of the molecule is CC=Cc1ccc(OCC(=O)Nc2cc(Cl)ccc2OCC(F)(F)F)c(OC)c1. The molecule has 0 atom stereocenters. The molecule has 2 aromatic carbocycles. The predicted octanol–water partition coefficient (Wildman–Crippen LogP) is 5.34. The molecule has 0 spiro atoms. The summed E-state index contributed by atoms with van der Waals surface area (Å²) in [7, 11) is 1.47. The number of allylic oxidation sites excluding steroid dienone is 1. The fourth-order valence-electron chi connectivity index (χ4n) is 2.31. The Balaban J connectivity index is 2.05. The summed E-state index contributed by atoms with van der Waals surface area (Å²) in [6, 6.07) is 9.07. The van der Waals surface area contributed by atoms with Crippen LogP contribution in [-0.4, -0.2) is 32.4 Å². The summed E-state index contributed by atoms with van der Waals surface area (Å²) >= 11 is 5.86. The number of alkyl halides is 3. The molecule has 0 aromatic heterocycles. The number of hydrogen-bond acceptors (Lipinski definition) is 4. The summed E-state index contributed by atoms with van der Waals surface area (Å²) in [4.78, 5) is 12.2. The van der Waals surface area contributed by atoms with Crippen LogP contribution in [0, 0.1) is 0 Å². The number of halogens is 4. The van der Waals surface area contributed by atoms with E-state index >= 15 is 0 Å². The number of anilines is 1. The first-order valence-electron chi connectivity index (χ1n) is 8.44. The number of ether oxygens (including phenoxy) is 3. The second kappa shape index (κ2) is 10.1. The van der Waals surface area contributed by atoms with Gasteiger partial charge in [0.2, 0.25) is 0 Å². The van der Waals surface area contributed by atoms with Gasteiger partial charge in [0.1, 0.15) is 5.75 Å². The van der Waals surface area contributed by atoms with Crippen molar-refractivity contribution < 1.29 is 32.2 Å². The first kappa shape index (κ1) is 22.4. The molecule has 0 fully saturated rings. The molecule has 0 radical (unpaired) electrons. The number of methoxy groups -OCH3 is 1. The third-order valence-corrected chi connectivity index (χ3v) is 3.75. The highest BCUT2D eigenvalue weighted by Gasteiger charge is 2.29. The van der Waals surface area contributed by atoms with E-state index < -0.39 is 25.3 Å². The highest BCUT2D eigenvalue weighted by atomic mass is 35.5. The Morgan fingerprint density at radius 1 is 1.10 bits per heavy atom. The van der Waals surface area contributed by atoms with E-state index in [0.717, 1.165) is 5.56 Å². The van der Waals surface area contributed by atoms with Crippen molar-refractivity contribution in [2.75, 3.05) is 25.6 Å². The first-order valence-corrected chi connectivity index (χ1v) is 8.82. The third kappa shape index (κ3) is 7.23. The van der Waals surface area contributed by atoms with E-state index in [9.17, 15) is 18.0 Å². The standard InChI is InChI=1S/C20H19ClF3NO4/c1-3-4-13-5-7-17(18(9-13)27-2)28-11-19(26)25-15-10-14(21)6-8-16(15)29-12-20(22,23)24/h3-10H,11-12H2,1-2H3,(H,25,26). The van der Waals surface area contributed by atoms with E-state index in [-0.39, 0.29) is 16.5 Å². The molecule has 0 saturated heterocycles. The highest BCUT2D eigenvalue weighted by Crippen LogP contribution is 2.31. The molecule has 0 bridgehead atoms. The zero-order chi connectivity index (χ0) is 21.4. The lowest BCUT2D eigenvalue weighted by Gasteiger charge is -2.15. The Kier molecular flexibility index (Phi) is 7.78. The molecule has 0 aliphatic heterocycles. The summed E-state index contributed by atoms with van der Waals surface area (Å²) in [5.74, 6) is 0.0120. The minimum absolute atomic E-state index is 0.00532. The van der Waals surface area contributed by atoms with Crippen LogP contribution in [0.3, 0.4) is 0 Å². The minimum atomic E-state index is -4.51. The fraction of sp³-hybridized carbons (Fsp3) is 0.250. The lowest BCUT2D eigenvalue weighted by Crippen LogP contribution is -2.22. The van der Waals surface area contributed by atoms with Gasteiger partial charge in [-0.2, -0.15) is 13.2 Å². The number of amides is 1. The van der Waals surface area contributed by atoms with E-state index in [0.29, 0.717) is 11.5 Å². The van der Waals surface area contributed by atoms with E-state index in [2.05, 4.69) is 5.32 Å². The molecule has 0 aliphatic carbocycles. The highest BCUT2D eigenvalue weighted by molar-refractivity contribution is 6.31. The van der Waals surface area contributed by atoms with Gasteiger partial charge in [-0.05, 0) is 42.8 Å². The van der Waals surface area contributed by atoms with Crippen molar-refractivity contribution in [3.8, 4) is 17.2 Å². The van der Waals surface area contributed by atoms with Crippen LogP contribution in [-0.2, 0) is 4.79 Å². The maximum Gasteiger partial charge on any atom is 0.422 e. The summed E-state index contributed by atoms with van der Waals surface area (Å²) < 4.78 is 52.6. The van der Waals surface area contributed by atoms with Crippen molar-refractivity contribution in [2.45, 2.75) is 13.1 Å². The number of nitrogens with one attached hydrogen (secondary N) is 1. The molecule has 0 aliphatic rings. The van der Waals surface area contributed by atoms with Gasteiger partial charge in [-0.15, -0.1) is 0 Å². The van der Waals surface area contributed by atoms with Crippen LogP contribution in [0.4, 0.5) is 18.9 Å². The predicted molar refractivity (Wildman–Crippen MR) is 105 cm³/mol. The van der Waals surface area contributed by atoms with Crippen molar-refractivity contribution in [2.24, 2.45) is 0 Å². The van der Waals surface area contributed by atoms with Crippen LogP contribution in [0.25, 0.3) is 6.08 Å². The number of carbonyl (C=O) groups is 1. The van der Waals surface area contributed by atoms with Crippen LogP contribution in [0.15, 0.2) is 42.5 Å². The Labute approximate surface area is 171 Å². The summed E-state index contributed by atoms with van der Waals surface area (Å²) in [6.45, 7) is -0.0158. The smallest absolute Gasteiger partial charge is 0.422 e. The molecule has 0 heterocycles. The molecule has 1 N–H and O–H groups in total. The van der Waals surface area contributed by atoms with Gasteiger partial charge in [0.05, 0.1) is 12.8 Å². The van der Waals surface area contributed by atoms with Crippen LogP contribution >= 0.6 is 11.6 Å². The lowest BCUT2D eigenvalue weighted by atomic mass is 10.2. The molecule has 0 unspecified atom stereocenters. The van der Waals surface area contributed by atoms with E-state index in [1.165, 1.54) is 25.3 Å². The van der Waals surface area contributed by atoms with E-state index in [1.54, 1.807) is 18.2 Å². The molecule has 5 nitrogen and oxygen atoms in total. The molecular weight excluding hydrogens is 411 g/mol. The molecule has 2 aromatic rings. The van der Waals surface area contributed by atoms with E-state index in [1.807, 2.05) is 19.1 Å². The van der Waals surface area contributed by atoms with Crippen LogP contribution < -0.4 is 19.5 Å². The van der Waals surface area contributed by atoms with Crippen LogP contribution in [0.1, 0.15) is 12.5 Å². The number of benzene rings is 2. The zero-order valence-corrected chi connectivity index (χ0v) is 16.4. The van der Waals surface area contributed by atoms with Crippen LogP contribution in [0.5, 0.6) is 17.2 Å². The summed E-state index contributed by atoms with van der Waals surface area (Å²) in [5, 5.41) is 2.66. The van der Waals surface area contributed by atoms with Gasteiger partial charge in [-0.25, -0.2) is 0 Å². The lowest BCUT2D eigenvalue weighted by molar-refractivity contribution is -0.153. The van der Waals surface area contributed by atoms with Gasteiger partial charge < -0.3 is 19.5 Å². The zero-order valence-electron chi connectivity index (χ0n) is 15.7. The second-order valence-corrected chi connectivity index (χ2v) is 6.23. The average Bonchev–Trinajstić information content (AvgIpc) is 2.65. The Bertz CT molecular complexity index is 885. The van der Waals surface area contributed by atoms with Gasteiger partial charge in [-0.1, -0.05) is 29.8 Å². The largest absolute Gasteiger partial charge is 0.493 e. The van der Waals surface area contributed by atoms with Crippen molar-refractivity contribution >= 4 is 29.3 Å². The molecule has 156 valence electrons. The molecule has 0 saturated carbocycles. The molecular formula is C20H19ClF3NO4. The second-order valence-electron chi connectivity index (χ2n) is 5.79. The monoisotopic (exact) mass is 429 g/mol. The van der Waals surface area contributed by atoms with Gasteiger partial charge in [0, 0.05) is 5.02 Å². The molecule has 2 rings (SSSR count). The first-order chi connectivity index (χ1) is 13.7. The van der Waals surface area contributed by atoms with Gasteiger partial charge in [-0.3, -0.25) is 4.79 Å². The fourth-order valence-corrected chi connectivity index (χ4v) is 2.49. The topological polar surface area (TPSA) is 56.8 Å². The van der Waals surface area contributed by atoms with Crippen molar-refractivity contribution in [1.82, 2.24) is 0 Å². The number of rotatable bonds is 8. The van der Waals surface area contributed by atoms with Crippen molar-refractivity contribution in [3.05, 3.63) is 53.1 Å². The summed E-state index contributed by atoms with van der Waals surface area (Å²) in [5.41, 5.74) is 0.900. The summed E-state index contributed by atoms with van der Waals surface area (Å²) in [6.07, 6.45) is -0.771. The van der Waals surface area contributed by atoms with Crippen molar-refractivity contribution in [3.63, 3.8) is 0 Å². The maximum atomic E-state index is 12.4. The molecule has 9 heteroatoms. The normalized spacial score (nSPS) is 11.4. The van der Waals surface area contributed by atoms with Crippen LogP contribution in [0.2, 0.25) is 5.02 Å². The Hall–Kier alpha value is -2.87. The van der Waals surface area contributed by atoms with E-state index in [4.69, 9.17) is 25.8 Å². The average molecular weight is 430 g/mol. The molecule has 1 amide bonds. The third-order valence-electron chi connectivity index (χ3n) is 3.51. The van der Waals surface area contributed by atoms with Gasteiger partial charge >= 0.3 is 6.18 Å².